The summed E-state index contributed by atoms with van der Waals surface area (Å²) < 4.78 is 0. The van der Waals surface area contributed by atoms with E-state index in [-0.39, 0.29) is 30.2 Å². The van der Waals surface area contributed by atoms with E-state index < -0.39 is 5.60 Å². The average Bonchev–Trinajstić information content (AvgIpc) is 2.88. The van der Waals surface area contributed by atoms with Crippen molar-refractivity contribution >= 4 is 11.8 Å². The molecule has 2 atom stereocenters. The first-order valence-corrected chi connectivity index (χ1v) is 7.97. The van der Waals surface area contributed by atoms with E-state index in [9.17, 15) is 14.7 Å². The van der Waals surface area contributed by atoms with Crippen molar-refractivity contribution in [1.82, 2.24) is 4.90 Å². The highest BCUT2D eigenvalue weighted by Gasteiger charge is 2.53. The van der Waals surface area contributed by atoms with Crippen LogP contribution in [-0.4, -0.2) is 34.0 Å². The number of carbonyl (C=O) groups excluding carboxylic acids is 2. The number of likely N-dealkylation sites (tertiary alicyclic amines) is 1. The predicted octanol–water partition coefficient (Wildman–Crippen LogP) is 1.96. The summed E-state index contributed by atoms with van der Waals surface area (Å²) in [7, 11) is 0. The Morgan fingerprint density at radius 3 is 2.05 bits per heavy atom. The molecule has 0 bridgehead atoms. The second kappa shape index (κ2) is 4.83. The number of nitrogens with zero attached hydrogens (tertiary/aromatic N) is 1. The second-order valence-corrected chi connectivity index (χ2v) is 7.46. The molecular formula is C16H25NO3. The van der Waals surface area contributed by atoms with E-state index in [1.807, 2.05) is 0 Å². The first kappa shape index (κ1) is 14.1. The van der Waals surface area contributed by atoms with Gasteiger partial charge in [-0.05, 0) is 50.4 Å². The Labute approximate surface area is 120 Å². The van der Waals surface area contributed by atoms with Crippen LogP contribution < -0.4 is 0 Å². The zero-order valence-electron chi connectivity index (χ0n) is 12.5. The van der Waals surface area contributed by atoms with E-state index in [0.717, 1.165) is 25.7 Å². The second-order valence-electron chi connectivity index (χ2n) is 7.46. The molecule has 112 valence electrons. The highest BCUT2D eigenvalue weighted by molar-refractivity contribution is 6.05. The fourth-order valence-corrected chi connectivity index (χ4v) is 4.25. The van der Waals surface area contributed by atoms with Gasteiger partial charge in [-0.2, -0.15) is 0 Å². The standard InChI is InChI=1S/C16H25NO3/c1-10-3-5-16(20,6-4-10)9-17-14(18)12-7-11(2)8-13(12)15(17)19/h10-13,20H,3-9H2,1-2H3. The summed E-state index contributed by atoms with van der Waals surface area (Å²) in [5, 5.41) is 10.7. The van der Waals surface area contributed by atoms with Crippen LogP contribution in [0.3, 0.4) is 0 Å². The summed E-state index contributed by atoms with van der Waals surface area (Å²) in [5.41, 5.74) is -0.845. The minimum absolute atomic E-state index is 0.0311. The van der Waals surface area contributed by atoms with Crippen LogP contribution in [0.25, 0.3) is 0 Å². The minimum atomic E-state index is -0.845. The van der Waals surface area contributed by atoms with Gasteiger partial charge in [0.2, 0.25) is 11.8 Å². The van der Waals surface area contributed by atoms with Crippen molar-refractivity contribution < 1.29 is 14.7 Å². The van der Waals surface area contributed by atoms with E-state index in [0.29, 0.717) is 24.7 Å². The molecule has 0 radical (unpaired) electrons. The molecule has 0 aromatic heterocycles. The molecule has 2 aliphatic carbocycles. The van der Waals surface area contributed by atoms with Crippen molar-refractivity contribution in [3.05, 3.63) is 0 Å². The van der Waals surface area contributed by atoms with E-state index in [1.54, 1.807) is 0 Å². The maximum atomic E-state index is 12.4. The van der Waals surface area contributed by atoms with E-state index in [1.165, 1.54) is 4.90 Å². The minimum Gasteiger partial charge on any atom is -0.388 e. The summed E-state index contributed by atoms with van der Waals surface area (Å²) in [6, 6.07) is 0. The molecule has 1 aliphatic heterocycles. The first-order chi connectivity index (χ1) is 9.39. The zero-order valence-corrected chi connectivity index (χ0v) is 12.5. The lowest BCUT2D eigenvalue weighted by Gasteiger charge is -2.37. The number of imide groups is 1. The molecule has 3 fully saturated rings. The first-order valence-electron chi connectivity index (χ1n) is 7.97. The average molecular weight is 279 g/mol. The number of fused-ring (bicyclic) bond motifs is 1. The van der Waals surface area contributed by atoms with Crippen molar-refractivity contribution in [2.75, 3.05) is 6.54 Å². The van der Waals surface area contributed by atoms with Crippen molar-refractivity contribution in [3.63, 3.8) is 0 Å². The van der Waals surface area contributed by atoms with Crippen molar-refractivity contribution in [2.45, 2.75) is 58.0 Å². The summed E-state index contributed by atoms with van der Waals surface area (Å²) in [6.07, 6.45) is 5.05. The van der Waals surface area contributed by atoms with E-state index in [2.05, 4.69) is 13.8 Å². The lowest BCUT2D eigenvalue weighted by atomic mass is 9.79. The molecule has 1 saturated heterocycles. The molecule has 4 heteroatoms. The third-order valence-electron chi connectivity index (χ3n) is 5.62. The number of carbonyl (C=O) groups is 2. The highest BCUT2D eigenvalue weighted by Crippen LogP contribution is 2.44. The monoisotopic (exact) mass is 279 g/mol. The van der Waals surface area contributed by atoms with E-state index >= 15 is 0 Å². The van der Waals surface area contributed by atoms with Gasteiger partial charge in [-0.3, -0.25) is 14.5 Å². The van der Waals surface area contributed by atoms with Gasteiger partial charge in [0, 0.05) is 0 Å². The molecule has 1 N–H and O–H groups in total. The van der Waals surface area contributed by atoms with Crippen LogP contribution in [0.4, 0.5) is 0 Å². The molecule has 0 aromatic carbocycles. The van der Waals surface area contributed by atoms with Gasteiger partial charge < -0.3 is 5.11 Å². The Hall–Kier alpha value is -0.900. The number of rotatable bonds is 2. The highest BCUT2D eigenvalue weighted by atomic mass is 16.3. The molecule has 2 amide bonds. The largest absolute Gasteiger partial charge is 0.388 e. The van der Waals surface area contributed by atoms with Crippen LogP contribution in [0.15, 0.2) is 0 Å². The third-order valence-corrected chi connectivity index (χ3v) is 5.62. The molecule has 3 aliphatic rings. The fourth-order valence-electron chi connectivity index (χ4n) is 4.25. The molecular weight excluding hydrogens is 254 g/mol. The van der Waals surface area contributed by atoms with Gasteiger partial charge in [-0.15, -0.1) is 0 Å². The van der Waals surface area contributed by atoms with Crippen LogP contribution in [-0.2, 0) is 9.59 Å². The lowest BCUT2D eigenvalue weighted by Crippen LogP contribution is -2.48. The third kappa shape index (κ3) is 2.28. The van der Waals surface area contributed by atoms with Gasteiger partial charge in [0.05, 0.1) is 24.0 Å². The van der Waals surface area contributed by atoms with Crippen LogP contribution in [0, 0.1) is 23.7 Å². The Balaban J connectivity index is 1.70. The van der Waals surface area contributed by atoms with Crippen molar-refractivity contribution in [2.24, 2.45) is 23.7 Å². The van der Waals surface area contributed by atoms with Gasteiger partial charge in [0.25, 0.3) is 0 Å². The normalized spacial score (nSPS) is 45.0. The van der Waals surface area contributed by atoms with Gasteiger partial charge in [0.15, 0.2) is 0 Å². The molecule has 4 nitrogen and oxygen atoms in total. The fraction of sp³-hybridized carbons (Fsp3) is 0.875. The van der Waals surface area contributed by atoms with Crippen LogP contribution in [0.1, 0.15) is 52.4 Å². The van der Waals surface area contributed by atoms with Gasteiger partial charge >= 0.3 is 0 Å². The van der Waals surface area contributed by atoms with Crippen LogP contribution in [0.5, 0.6) is 0 Å². The summed E-state index contributed by atoms with van der Waals surface area (Å²) in [4.78, 5) is 26.2. The molecule has 2 saturated carbocycles. The van der Waals surface area contributed by atoms with Gasteiger partial charge in [-0.25, -0.2) is 0 Å². The Morgan fingerprint density at radius 2 is 1.55 bits per heavy atom. The Kier molecular flexibility index (Phi) is 3.39. The summed E-state index contributed by atoms with van der Waals surface area (Å²) >= 11 is 0. The Bertz CT molecular complexity index is 401. The van der Waals surface area contributed by atoms with Crippen LogP contribution in [0.2, 0.25) is 0 Å². The smallest absolute Gasteiger partial charge is 0.233 e. The molecule has 2 unspecified atom stereocenters. The van der Waals surface area contributed by atoms with E-state index in [4.69, 9.17) is 0 Å². The number of hydrogen-bond donors (Lipinski definition) is 1. The number of β-amino-alcohol motifs (C(OH)–C–C–N with tert-alkyl or cyclic N) is 1. The number of amides is 2. The molecule has 3 rings (SSSR count). The summed E-state index contributed by atoms with van der Waals surface area (Å²) in [5.74, 6) is 0.833. The van der Waals surface area contributed by atoms with Crippen molar-refractivity contribution in [1.29, 1.82) is 0 Å². The van der Waals surface area contributed by atoms with Crippen molar-refractivity contribution in [3.8, 4) is 0 Å². The molecule has 1 heterocycles. The molecule has 0 aromatic rings. The van der Waals surface area contributed by atoms with Gasteiger partial charge in [0.1, 0.15) is 0 Å². The number of aliphatic hydroxyl groups is 1. The predicted molar refractivity (Wildman–Crippen MR) is 74.7 cm³/mol. The quantitative estimate of drug-likeness (QED) is 0.786. The maximum Gasteiger partial charge on any atom is 0.233 e. The topological polar surface area (TPSA) is 57.6 Å². The SMILES string of the molecule is CC1CCC(O)(CN2C(=O)C3CC(C)CC3C2=O)CC1. The number of hydrogen-bond acceptors (Lipinski definition) is 3. The molecule has 0 spiro atoms. The Morgan fingerprint density at radius 1 is 1.05 bits per heavy atom. The van der Waals surface area contributed by atoms with Crippen LogP contribution >= 0.6 is 0 Å². The molecule has 20 heavy (non-hydrogen) atoms. The summed E-state index contributed by atoms with van der Waals surface area (Å²) in [6.45, 7) is 4.52. The maximum absolute atomic E-state index is 12.4. The van der Waals surface area contributed by atoms with Gasteiger partial charge in [-0.1, -0.05) is 13.8 Å². The zero-order chi connectivity index (χ0) is 14.5. The lowest BCUT2D eigenvalue weighted by molar-refractivity contribution is -0.146.